The summed E-state index contributed by atoms with van der Waals surface area (Å²) in [4.78, 5) is 2.49. The molecule has 2 aromatic carbocycles. The van der Waals surface area contributed by atoms with E-state index in [0.29, 0.717) is 6.61 Å². The highest BCUT2D eigenvalue weighted by molar-refractivity contribution is 5.64. The van der Waals surface area contributed by atoms with E-state index in [1.54, 1.807) is 7.11 Å². The fourth-order valence-electron chi connectivity index (χ4n) is 4.62. The van der Waals surface area contributed by atoms with Crippen LogP contribution in [-0.4, -0.2) is 50.0 Å². The van der Waals surface area contributed by atoms with Crippen molar-refractivity contribution in [3.63, 3.8) is 0 Å². The lowest BCUT2D eigenvalue weighted by Gasteiger charge is -2.42. The predicted molar refractivity (Wildman–Crippen MR) is 116 cm³/mol. The standard InChI is InChI=1S/C25H31NO3/c1-28-23-8-9-24-22(15-23)14-21(17-29-24)16-26-13-5-11-25(18-26,19-27)12-10-20-6-3-2-4-7-20/h2-4,6-9,14-15,27H,5,10-13,16-19H2,1H3. The summed E-state index contributed by atoms with van der Waals surface area (Å²) >= 11 is 0. The Morgan fingerprint density at radius 1 is 1.17 bits per heavy atom. The summed E-state index contributed by atoms with van der Waals surface area (Å²) in [7, 11) is 1.69. The first-order chi connectivity index (χ1) is 14.2. The van der Waals surface area contributed by atoms with Gasteiger partial charge in [-0.05, 0) is 67.6 Å². The first-order valence-electron chi connectivity index (χ1n) is 10.6. The molecule has 29 heavy (non-hydrogen) atoms. The maximum absolute atomic E-state index is 10.3. The van der Waals surface area contributed by atoms with Gasteiger partial charge in [0.1, 0.15) is 18.1 Å². The van der Waals surface area contributed by atoms with E-state index in [1.807, 2.05) is 18.2 Å². The van der Waals surface area contributed by atoms with Crippen molar-refractivity contribution in [1.82, 2.24) is 4.90 Å². The van der Waals surface area contributed by atoms with Crippen LogP contribution in [0.2, 0.25) is 0 Å². The maximum atomic E-state index is 10.3. The van der Waals surface area contributed by atoms with Crippen LogP contribution in [0.1, 0.15) is 30.4 Å². The number of benzene rings is 2. The van der Waals surface area contributed by atoms with Crippen LogP contribution in [0, 0.1) is 5.41 Å². The zero-order valence-electron chi connectivity index (χ0n) is 17.3. The zero-order chi connectivity index (χ0) is 20.1. The maximum Gasteiger partial charge on any atom is 0.127 e. The number of aryl methyl sites for hydroxylation is 1. The largest absolute Gasteiger partial charge is 0.497 e. The van der Waals surface area contributed by atoms with E-state index < -0.39 is 0 Å². The van der Waals surface area contributed by atoms with Crippen molar-refractivity contribution in [2.75, 3.05) is 40.0 Å². The average Bonchev–Trinajstić information content (AvgIpc) is 2.78. The molecule has 1 N–H and O–H groups in total. The summed E-state index contributed by atoms with van der Waals surface area (Å²) in [6, 6.07) is 16.5. The van der Waals surface area contributed by atoms with Gasteiger partial charge < -0.3 is 14.6 Å². The number of methoxy groups -OCH3 is 1. The third-order valence-corrected chi connectivity index (χ3v) is 6.28. The van der Waals surface area contributed by atoms with Crippen molar-refractivity contribution in [2.24, 2.45) is 5.41 Å². The molecule has 0 saturated carbocycles. The summed E-state index contributed by atoms with van der Waals surface area (Å²) in [6.07, 6.45) is 6.52. The smallest absolute Gasteiger partial charge is 0.127 e. The molecule has 4 nitrogen and oxygen atoms in total. The van der Waals surface area contributed by atoms with Gasteiger partial charge in [0, 0.05) is 30.7 Å². The van der Waals surface area contributed by atoms with Crippen molar-refractivity contribution in [3.8, 4) is 11.5 Å². The number of aliphatic hydroxyl groups is 1. The molecule has 2 aliphatic rings. The van der Waals surface area contributed by atoms with Crippen LogP contribution in [0.15, 0.2) is 54.1 Å². The highest BCUT2D eigenvalue weighted by Gasteiger charge is 2.35. The Hall–Kier alpha value is -2.30. The van der Waals surface area contributed by atoms with E-state index in [2.05, 4.69) is 41.3 Å². The SMILES string of the molecule is COc1ccc2c(c1)C=C(CN1CCCC(CO)(CCc3ccccc3)C1)CO2. The number of nitrogens with zero attached hydrogens (tertiary/aromatic N) is 1. The number of ether oxygens (including phenoxy) is 2. The summed E-state index contributed by atoms with van der Waals surface area (Å²) < 4.78 is 11.3. The molecule has 1 fully saturated rings. The van der Waals surface area contributed by atoms with E-state index >= 15 is 0 Å². The van der Waals surface area contributed by atoms with Crippen LogP contribution < -0.4 is 9.47 Å². The molecule has 154 valence electrons. The van der Waals surface area contributed by atoms with Crippen LogP contribution in [0.4, 0.5) is 0 Å². The lowest BCUT2D eigenvalue weighted by molar-refractivity contribution is 0.0290. The van der Waals surface area contributed by atoms with E-state index in [9.17, 15) is 5.11 Å². The van der Waals surface area contributed by atoms with E-state index in [-0.39, 0.29) is 12.0 Å². The van der Waals surface area contributed by atoms with Gasteiger partial charge in [0.05, 0.1) is 7.11 Å². The molecule has 2 aromatic rings. The summed E-state index contributed by atoms with van der Waals surface area (Å²) in [6.45, 7) is 3.80. The highest BCUT2D eigenvalue weighted by atomic mass is 16.5. The second kappa shape index (κ2) is 9.02. The molecule has 0 spiro atoms. The van der Waals surface area contributed by atoms with Crippen molar-refractivity contribution >= 4 is 6.08 Å². The molecule has 0 radical (unpaired) electrons. The van der Waals surface area contributed by atoms with Crippen LogP contribution in [0.25, 0.3) is 6.08 Å². The van der Waals surface area contributed by atoms with Gasteiger partial charge >= 0.3 is 0 Å². The van der Waals surface area contributed by atoms with Gasteiger partial charge in [-0.3, -0.25) is 4.90 Å². The van der Waals surface area contributed by atoms with Crippen LogP contribution in [0.5, 0.6) is 11.5 Å². The van der Waals surface area contributed by atoms with Gasteiger partial charge in [0.25, 0.3) is 0 Å². The molecule has 0 amide bonds. The van der Waals surface area contributed by atoms with Crippen LogP contribution >= 0.6 is 0 Å². The quantitative estimate of drug-likeness (QED) is 0.766. The molecule has 1 saturated heterocycles. The Labute approximate surface area is 173 Å². The van der Waals surface area contributed by atoms with Crippen molar-refractivity contribution in [2.45, 2.75) is 25.7 Å². The van der Waals surface area contributed by atoms with Gasteiger partial charge in [-0.2, -0.15) is 0 Å². The number of likely N-dealkylation sites (tertiary alicyclic amines) is 1. The summed E-state index contributed by atoms with van der Waals surface area (Å²) in [5.74, 6) is 1.77. The third-order valence-electron chi connectivity index (χ3n) is 6.28. The van der Waals surface area contributed by atoms with Crippen LogP contribution in [0.3, 0.4) is 0 Å². The molecular formula is C25H31NO3. The Kier molecular flexibility index (Phi) is 6.22. The summed E-state index contributed by atoms with van der Waals surface area (Å²) in [5, 5.41) is 10.3. The molecule has 4 heteroatoms. The van der Waals surface area contributed by atoms with Crippen molar-refractivity contribution in [3.05, 3.63) is 65.2 Å². The first kappa shape index (κ1) is 20.0. The Morgan fingerprint density at radius 2 is 2.03 bits per heavy atom. The third kappa shape index (κ3) is 4.82. The number of aliphatic hydroxyl groups excluding tert-OH is 1. The van der Waals surface area contributed by atoms with Gasteiger partial charge in [-0.1, -0.05) is 30.3 Å². The van der Waals surface area contributed by atoms with E-state index in [0.717, 1.165) is 62.4 Å². The van der Waals surface area contributed by atoms with Gasteiger partial charge in [0.2, 0.25) is 0 Å². The number of hydrogen-bond acceptors (Lipinski definition) is 4. The van der Waals surface area contributed by atoms with E-state index in [4.69, 9.17) is 9.47 Å². The average molecular weight is 394 g/mol. The molecule has 0 bridgehead atoms. The molecular weight excluding hydrogens is 362 g/mol. The fraction of sp³-hybridized carbons (Fsp3) is 0.440. The monoisotopic (exact) mass is 393 g/mol. The molecule has 0 aromatic heterocycles. The van der Waals surface area contributed by atoms with Gasteiger partial charge in [-0.25, -0.2) is 0 Å². The Morgan fingerprint density at radius 3 is 2.83 bits per heavy atom. The second-order valence-electron chi connectivity index (χ2n) is 8.45. The number of fused-ring (bicyclic) bond motifs is 1. The second-order valence-corrected chi connectivity index (χ2v) is 8.45. The van der Waals surface area contributed by atoms with E-state index in [1.165, 1.54) is 11.1 Å². The molecule has 2 aliphatic heterocycles. The normalized spacial score (nSPS) is 21.8. The molecule has 4 rings (SSSR count). The Balaban J connectivity index is 1.41. The molecule has 0 aliphatic carbocycles. The number of rotatable bonds is 7. The number of piperidine rings is 1. The minimum Gasteiger partial charge on any atom is -0.497 e. The van der Waals surface area contributed by atoms with Gasteiger partial charge in [-0.15, -0.1) is 0 Å². The lowest BCUT2D eigenvalue weighted by Crippen LogP contribution is -2.46. The molecule has 2 heterocycles. The Bertz CT molecular complexity index is 848. The minimum absolute atomic E-state index is 0.00863. The molecule has 1 unspecified atom stereocenters. The highest BCUT2D eigenvalue weighted by Crippen LogP contribution is 2.36. The number of hydrogen-bond donors (Lipinski definition) is 1. The topological polar surface area (TPSA) is 41.9 Å². The lowest BCUT2D eigenvalue weighted by atomic mass is 9.76. The molecule has 1 atom stereocenters. The van der Waals surface area contributed by atoms with Crippen molar-refractivity contribution in [1.29, 1.82) is 0 Å². The van der Waals surface area contributed by atoms with Crippen molar-refractivity contribution < 1.29 is 14.6 Å². The predicted octanol–water partition coefficient (Wildman–Crippen LogP) is 4.18. The fourth-order valence-corrected chi connectivity index (χ4v) is 4.62. The van der Waals surface area contributed by atoms with Gasteiger partial charge in [0.15, 0.2) is 0 Å². The zero-order valence-corrected chi connectivity index (χ0v) is 17.3. The minimum atomic E-state index is -0.00863. The summed E-state index contributed by atoms with van der Waals surface area (Å²) in [5.41, 5.74) is 3.71. The first-order valence-corrected chi connectivity index (χ1v) is 10.6. The van der Waals surface area contributed by atoms with Crippen LogP contribution in [-0.2, 0) is 6.42 Å².